The Hall–Kier alpha value is -1.77. The number of guanidine groups is 1. The van der Waals surface area contributed by atoms with E-state index >= 15 is 0 Å². The van der Waals surface area contributed by atoms with Crippen LogP contribution in [-0.4, -0.2) is 18.2 Å². The molecule has 0 unspecified atom stereocenters. The van der Waals surface area contributed by atoms with Gasteiger partial charge >= 0.3 is 0 Å². The molecule has 2 aromatic rings. The topological polar surface area (TPSA) is 85.7 Å². The Morgan fingerprint density at radius 1 is 1.36 bits per heavy atom. The number of hydrogen-bond acceptors (Lipinski definition) is 4. The van der Waals surface area contributed by atoms with Crippen molar-refractivity contribution < 1.29 is 9.26 Å². The minimum absolute atomic E-state index is 0. The average molecular weight is 416 g/mol. The summed E-state index contributed by atoms with van der Waals surface area (Å²) in [4.78, 5) is 4.22. The predicted octanol–water partition coefficient (Wildman–Crippen LogP) is 3.35. The number of hydrogen-bond donors (Lipinski definition) is 2. The summed E-state index contributed by atoms with van der Waals surface area (Å²) < 4.78 is 10.3. The highest BCUT2D eigenvalue weighted by Gasteiger charge is 2.07. The third-order valence-electron chi connectivity index (χ3n) is 2.94. The van der Waals surface area contributed by atoms with Crippen molar-refractivity contribution in [2.24, 2.45) is 10.7 Å². The van der Waals surface area contributed by atoms with Gasteiger partial charge in [-0.3, -0.25) is 0 Å². The molecule has 1 aromatic carbocycles. The lowest BCUT2D eigenvalue weighted by molar-refractivity contribution is 0.376. The van der Waals surface area contributed by atoms with Crippen molar-refractivity contribution in [1.82, 2.24) is 5.16 Å². The summed E-state index contributed by atoms with van der Waals surface area (Å²) in [6.07, 6.45) is 0. The van der Waals surface area contributed by atoms with Gasteiger partial charge in [-0.05, 0) is 30.2 Å². The molecule has 0 atom stereocenters. The van der Waals surface area contributed by atoms with Gasteiger partial charge in [0.05, 0.1) is 12.8 Å². The van der Waals surface area contributed by atoms with E-state index in [-0.39, 0.29) is 24.0 Å². The first-order valence-electron chi connectivity index (χ1n) is 6.75. The number of benzene rings is 1. The number of nitrogens with zero attached hydrogens (tertiary/aromatic N) is 2. The van der Waals surface area contributed by atoms with Crippen molar-refractivity contribution in [3.8, 4) is 5.75 Å². The van der Waals surface area contributed by atoms with E-state index in [9.17, 15) is 0 Å². The Bertz CT molecular complexity index is 608. The number of anilines is 1. The van der Waals surface area contributed by atoms with Crippen LogP contribution in [0.1, 0.15) is 31.2 Å². The van der Waals surface area contributed by atoms with Crippen LogP contribution in [0.5, 0.6) is 5.75 Å². The van der Waals surface area contributed by atoms with Crippen LogP contribution in [0.2, 0.25) is 0 Å². The highest BCUT2D eigenvalue weighted by Crippen LogP contribution is 2.16. The second-order valence-corrected chi connectivity index (χ2v) is 4.93. The van der Waals surface area contributed by atoms with Crippen molar-refractivity contribution in [3.63, 3.8) is 0 Å². The molecule has 0 spiro atoms. The molecule has 6 nitrogen and oxygen atoms in total. The minimum Gasteiger partial charge on any atom is -0.497 e. The van der Waals surface area contributed by atoms with Crippen LogP contribution in [0, 0.1) is 0 Å². The van der Waals surface area contributed by atoms with Gasteiger partial charge in [0.2, 0.25) is 0 Å². The van der Waals surface area contributed by atoms with Crippen molar-refractivity contribution >= 4 is 35.6 Å². The van der Waals surface area contributed by atoms with Crippen LogP contribution in [0.3, 0.4) is 0 Å². The van der Waals surface area contributed by atoms with E-state index in [4.69, 9.17) is 15.0 Å². The lowest BCUT2D eigenvalue weighted by atomic mass is 10.1. The summed E-state index contributed by atoms with van der Waals surface area (Å²) in [6, 6.07) is 9.33. The predicted molar refractivity (Wildman–Crippen MR) is 98.0 cm³/mol. The summed E-state index contributed by atoms with van der Waals surface area (Å²) in [7, 11) is 1.63. The van der Waals surface area contributed by atoms with Crippen molar-refractivity contribution in [3.05, 3.63) is 41.8 Å². The van der Waals surface area contributed by atoms with Gasteiger partial charge in [0, 0.05) is 11.8 Å². The third-order valence-corrected chi connectivity index (χ3v) is 2.94. The van der Waals surface area contributed by atoms with Crippen molar-refractivity contribution in [1.29, 1.82) is 0 Å². The minimum atomic E-state index is 0. The first kappa shape index (κ1) is 18.3. The van der Waals surface area contributed by atoms with E-state index in [0.29, 0.717) is 24.2 Å². The standard InChI is InChI=1S/C15H20N4O2.HI/c1-10(2)14-8-13(21-19-14)9-17-15(16)18-11-4-6-12(20-3)7-5-11;/h4-8,10H,9H2,1-3H3,(H3,16,17,18);1H. The normalized spacial score (nSPS) is 11.2. The molecular formula is C15H21IN4O2. The molecule has 0 radical (unpaired) electrons. The summed E-state index contributed by atoms with van der Waals surface area (Å²) in [5.74, 6) is 2.14. The summed E-state index contributed by atoms with van der Waals surface area (Å²) >= 11 is 0. The van der Waals surface area contributed by atoms with Gasteiger partial charge in [0.1, 0.15) is 12.3 Å². The molecule has 3 N–H and O–H groups in total. The third kappa shape index (κ3) is 5.21. The molecule has 0 aliphatic carbocycles. The number of aromatic nitrogens is 1. The van der Waals surface area contributed by atoms with Crippen molar-refractivity contribution in [2.75, 3.05) is 12.4 Å². The van der Waals surface area contributed by atoms with Crippen LogP contribution < -0.4 is 15.8 Å². The summed E-state index contributed by atoms with van der Waals surface area (Å²) in [5.41, 5.74) is 7.60. The molecule has 2 rings (SSSR count). The maximum Gasteiger partial charge on any atom is 0.193 e. The number of ether oxygens (including phenoxy) is 1. The lowest BCUT2D eigenvalue weighted by Crippen LogP contribution is -2.22. The zero-order valence-corrected chi connectivity index (χ0v) is 15.2. The molecular weight excluding hydrogens is 395 g/mol. The van der Waals surface area contributed by atoms with E-state index in [2.05, 4.69) is 29.3 Å². The monoisotopic (exact) mass is 416 g/mol. The zero-order valence-electron chi connectivity index (χ0n) is 12.9. The fourth-order valence-electron chi connectivity index (χ4n) is 1.70. The molecule has 22 heavy (non-hydrogen) atoms. The number of rotatable bonds is 5. The average Bonchev–Trinajstić information content (AvgIpc) is 2.95. The smallest absolute Gasteiger partial charge is 0.193 e. The molecule has 0 aliphatic heterocycles. The summed E-state index contributed by atoms with van der Waals surface area (Å²) in [5, 5.41) is 6.98. The quantitative estimate of drug-likeness (QED) is 0.444. The molecule has 0 saturated carbocycles. The second-order valence-electron chi connectivity index (χ2n) is 4.93. The number of aliphatic imine (C=N–C) groups is 1. The molecule has 7 heteroatoms. The van der Waals surface area contributed by atoms with Gasteiger partial charge in [0.15, 0.2) is 11.7 Å². The number of halogens is 1. The van der Waals surface area contributed by atoms with E-state index in [1.165, 1.54) is 0 Å². The van der Waals surface area contributed by atoms with Crippen LogP contribution in [-0.2, 0) is 6.54 Å². The van der Waals surface area contributed by atoms with E-state index < -0.39 is 0 Å². The molecule has 0 fully saturated rings. The second kappa shape index (κ2) is 8.62. The fraction of sp³-hybridized carbons (Fsp3) is 0.333. The Morgan fingerprint density at radius 3 is 2.59 bits per heavy atom. The Balaban J connectivity index is 0.00000242. The number of nitrogens with one attached hydrogen (secondary N) is 1. The lowest BCUT2D eigenvalue weighted by Gasteiger charge is -2.06. The largest absolute Gasteiger partial charge is 0.497 e. The molecule has 0 aliphatic rings. The summed E-state index contributed by atoms with van der Waals surface area (Å²) in [6.45, 7) is 4.48. The van der Waals surface area contributed by atoms with Gasteiger partial charge in [-0.15, -0.1) is 24.0 Å². The number of methoxy groups -OCH3 is 1. The van der Waals surface area contributed by atoms with Gasteiger partial charge in [-0.2, -0.15) is 0 Å². The SMILES string of the molecule is COc1ccc(NC(N)=NCc2cc(C(C)C)no2)cc1.I. The fourth-order valence-corrected chi connectivity index (χ4v) is 1.70. The van der Waals surface area contributed by atoms with Crippen LogP contribution in [0.4, 0.5) is 5.69 Å². The van der Waals surface area contributed by atoms with Crippen LogP contribution in [0.15, 0.2) is 39.8 Å². The van der Waals surface area contributed by atoms with Crippen molar-refractivity contribution in [2.45, 2.75) is 26.3 Å². The van der Waals surface area contributed by atoms with Crippen LogP contribution >= 0.6 is 24.0 Å². The Morgan fingerprint density at radius 2 is 2.05 bits per heavy atom. The van der Waals surface area contributed by atoms with Crippen LogP contribution in [0.25, 0.3) is 0 Å². The molecule has 1 aromatic heterocycles. The molecule has 1 heterocycles. The van der Waals surface area contributed by atoms with E-state index in [1.807, 2.05) is 30.3 Å². The maximum atomic E-state index is 5.84. The van der Waals surface area contributed by atoms with Gasteiger partial charge in [-0.1, -0.05) is 19.0 Å². The Kier molecular flexibility index (Phi) is 7.16. The number of nitrogens with two attached hydrogens (primary N) is 1. The van der Waals surface area contributed by atoms with Gasteiger partial charge < -0.3 is 20.3 Å². The first-order chi connectivity index (χ1) is 10.1. The molecule has 120 valence electrons. The van der Waals surface area contributed by atoms with E-state index in [0.717, 1.165) is 17.1 Å². The molecule has 0 saturated heterocycles. The van der Waals surface area contributed by atoms with E-state index in [1.54, 1.807) is 7.11 Å². The van der Waals surface area contributed by atoms with Gasteiger partial charge in [-0.25, -0.2) is 4.99 Å². The molecule has 0 bridgehead atoms. The highest BCUT2D eigenvalue weighted by molar-refractivity contribution is 14.0. The Labute approximate surface area is 147 Å². The highest BCUT2D eigenvalue weighted by atomic mass is 127. The van der Waals surface area contributed by atoms with Gasteiger partial charge in [0.25, 0.3) is 0 Å². The first-order valence-corrected chi connectivity index (χ1v) is 6.75. The molecule has 0 amide bonds. The zero-order chi connectivity index (χ0) is 15.2. The maximum absolute atomic E-state index is 5.84.